The molecule has 1 amide bonds. The van der Waals surface area contributed by atoms with E-state index in [1.54, 1.807) is 11.8 Å². The minimum atomic E-state index is -3.20. The molecule has 2 saturated heterocycles. The van der Waals surface area contributed by atoms with Gasteiger partial charge in [0.1, 0.15) is 0 Å². The topological polar surface area (TPSA) is 87.2 Å². The third kappa shape index (κ3) is 4.24. The number of piperazine rings is 1. The van der Waals surface area contributed by atoms with Gasteiger partial charge in [-0.2, -0.15) is 4.31 Å². The molecule has 0 saturated carbocycles. The van der Waals surface area contributed by atoms with Gasteiger partial charge in [0.05, 0.1) is 30.2 Å². The number of anilines is 2. The Balaban J connectivity index is 1.77. The summed E-state index contributed by atoms with van der Waals surface area (Å²) in [6.07, 6.45) is 1.37. The summed E-state index contributed by atoms with van der Waals surface area (Å²) < 4.78 is 29.9. The zero-order valence-electron chi connectivity index (χ0n) is 15.6. The second-order valence-corrected chi connectivity index (χ2v) is 8.78. The number of sulfonamides is 1. The predicted molar refractivity (Wildman–Crippen MR) is 102 cm³/mol. The molecule has 3 rings (SSSR count). The van der Waals surface area contributed by atoms with Crippen LogP contribution < -0.4 is 9.80 Å². The Morgan fingerprint density at radius 3 is 2.37 bits per heavy atom. The fourth-order valence-electron chi connectivity index (χ4n) is 3.58. The van der Waals surface area contributed by atoms with Crippen LogP contribution in [0, 0.1) is 5.92 Å². The zero-order chi connectivity index (χ0) is 19.6. The molecule has 0 aromatic heterocycles. The van der Waals surface area contributed by atoms with Crippen LogP contribution in [0.5, 0.6) is 0 Å². The number of hydrogen-bond acceptors (Lipinski definition) is 6. The molecular formula is C18H25N3O5S. The summed E-state index contributed by atoms with van der Waals surface area (Å²) in [4.78, 5) is 28.3. The van der Waals surface area contributed by atoms with Gasteiger partial charge in [-0.15, -0.1) is 0 Å². The number of nitrogens with zero attached hydrogens (tertiary/aromatic N) is 3. The highest BCUT2D eigenvalue weighted by Gasteiger charge is 2.37. The summed E-state index contributed by atoms with van der Waals surface area (Å²) in [7, 11) is -3.20. The molecule has 148 valence electrons. The summed E-state index contributed by atoms with van der Waals surface area (Å²) in [5.74, 6) is -0.893. The lowest BCUT2D eigenvalue weighted by Crippen LogP contribution is -2.48. The van der Waals surface area contributed by atoms with Crippen molar-refractivity contribution < 1.29 is 22.7 Å². The average molecular weight is 395 g/mol. The average Bonchev–Trinajstić information content (AvgIpc) is 3.03. The standard InChI is InChI=1S/C18H25N3O5S/c1-3-26-18(23)14-12-17(22)21(13-14)16-7-5-4-6-15(16)19-8-10-20(11-9-19)27(2,24)25/h4-7,14H,3,8-13H2,1-2H3/t14-/m0/s1. The molecule has 0 aliphatic carbocycles. The molecule has 0 unspecified atom stereocenters. The Bertz CT molecular complexity index is 818. The lowest BCUT2D eigenvalue weighted by molar-refractivity contribution is -0.147. The van der Waals surface area contributed by atoms with Gasteiger partial charge in [0.2, 0.25) is 15.9 Å². The predicted octanol–water partition coefficient (Wildman–Crippen LogP) is 0.684. The molecule has 2 fully saturated rings. The normalized spacial score (nSPS) is 21.6. The van der Waals surface area contributed by atoms with Crippen LogP contribution in [0.15, 0.2) is 24.3 Å². The number of hydrogen-bond donors (Lipinski definition) is 0. The maximum atomic E-state index is 12.5. The Morgan fingerprint density at radius 1 is 1.15 bits per heavy atom. The van der Waals surface area contributed by atoms with E-state index in [0.717, 1.165) is 11.4 Å². The Hall–Kier alpha value is -2.13. The fraction of sp³-hybridized carbons (Fsp3) is 0.556. The van der Waals surface area contributed by atoms with Crippen molar-refractivity contribution in [2.45, 2.75) is 13.3 Å². The first-order valence-electron chi connectivity index (χ1n) is 9.07. The molecule has 2 aliphatic rings. The van der Waals surface area contributed by atoms with E-state index in [1.165, 1.54) is 10.6 Å². The highest BCUT2D eigenvalue weighted by molar-refractivity contribution is 7.88. The van der Waals surface area contributed by atoms with Gasteiger partial charge in [0.15, 0.2) is 0 Å². The van der Waals surface area contributed by atoms with E-state index in [4.69, 9.17) is 4.74 Å². The maximum Gasteiger partial charge on any atom is 0.311 e. The van der Waals surface area contributed by atoms with Crippen molar-refractivity contribution >= 4 is 33.3 Å². The minimum Gasteiger partial charge on any atom is -0.466 e. The number of para-hydroxylation sites is 2. The van der Waals surface area contributed by atoms with E-state index in [1.807, 2.05) is 24.3 Å². The van der Waals surface area contributed by atoms with Gasteiger partial charge < -0.3 is 14.5 Å². The van der Waals surface area contributed by atoms with Gasteiger partial charge in [-0.3, -0.25) is 9.59 Å². The molecule has 2 aliphatic heterocycles. The monoisotopic (exact) mass is 395 g/mol. The van der Waals surface area contributed by atoms with Gasteiger partial charge in [-0.05, 0) is 19.1 Å². The molecular weight excluding hydrogens is 370 g/mol. The third-order valence-electron chi connectivity index (χ3n) is 4.97. The summed E-state index contributed by atoms with van der Waals surface area (Å²) >= 11 is 0. The third-order valence-corrected chi connectivity index (χ3v) is 6.27. The van der Waals surface area contributed by atoms with Gasteiger partial charge in [0.25, 0.3) is 0 Å². The van der Waals surface area contributed by atoms with E-state index in [2.05, 4.69) is 4.90 Å². The van der Waals surface area contributed by atoms with Crippen LogP contribution in [0.25, 0.3) is 0 Å². The molecule has 2 heterocycles. The summed E-state index contributed by atoms with van der Waals surface area (Å²) in [5, 5.41) is 0. The van der Waals surface area contributed by atoms with Crippen LogP contribution in [0.4, 0.5) is 11.4 Å². The number of amides is 1. The highest BCUT2D eigenvalue weighted by atomic mass is 32.2. The lowest BCUT2D eigenvalue weighted by atomic mass is 10.1. The zero-order valence-corrected chi connectivity index (χ0v) is 16.4. The van der Waals surface area contributed by atoms with Crippen molar-refractivity contribution in [2.75, 3.05) is 55.4 Å². The fourth-order valence-corrected chi connectivity index (χ4v) is 4.41. The number of benzene rings is 1. The molecule has 1 aromatic carbocycles. The van der Waals surface area contributed by atoms with E-state index < -0.39 is 15.9 Å². The highest BCUT2D eigenvalue weighted by Crippen LogP contribution is 2.34. The molecule has 27 heavy (non-hydrogen) atoms. The Morgan fingerprint density at radius 2 is 1.78 bits per heavy atom. The number of carbonyl (C=O) groups is 2. The first-order chi connectivity index (χ1) is 12.8. The number of rotatable bonds is 5. The smallest absolute Gasteiger partial charge is 0.311 e. The summed E-state index contributed by atoms with van der Waals surface area (Å²) in [5.41, 5.74) is 1.63. The molecule has 1 aromatic rings. The van der Waals surface area contributed by atoms with Crippen LogP contribution in [0.3, 0.4) is 0 Å². The number of esters is 1. The molecule has 0 N–H and O–H groups in total. The molecule has 0 bridgehead atoms. The van der Waals surface area contributed by atoms with E-state index in [-0.39, 0.29) is 18.3 Å². The largest absolute Gasteiger partial charge is 0.466 e. The Labute approximate surface area is 159 Å². The van der Waals surface area contributed by atoms with E-state index in [9.17, 15) is 18.0 Å². The quantitative estimate of drug-likeness (QED) is 0.682. The van der Waals surface area contributed by atoms with Crippen molar-refractivity contribution in [3.05, 3.63) is 24.3 Å². The number of ether oxygens (including phenoxy) is 1. The van der Waals surface area contributed by atoms with Crippen LogP contribution in [-0.2, 0) is 24.3 Å². The minimum absolute atomic E-state index is 0.102. The van der Waals surface area contributed by atoms with E-state index >= 15 is 0 Å². The van der Waals surface area contributed by atoms with Crippen molar-refractivity contribution in [1.29, 1.82) is 0 Å². The van der Waals surface area contributed by atoms with Crippen molar-refractivity contribution in [2.24, 2.45) is 5.92 Å². The van der Waals surface area contributed by atoms with E-state index in [0.29, 0.717) is 39.3 Å². The number of carbonyl (C=O) groups excluding carboxylic acids is 2. The lowest BCUT2D eigenvalue weighted by Gasteiger charge is -2.36. The van der Waals surface area contributed by atoms with Gasteiger partial charge >= 0.3 is 5.97 Å². The van der Waals surface area contributed by atoms with Crippen molar-refractivity contribution in [1.82, 2.24) is 4.31 Å². The molecule has 0 radical (unpaired) electrons. The summed E-state index contributed by atoms with van der Waals surface area (Å²) in [6, 6.07) is 7.54. The van der Waals surface area contributed by atoms with Crippen LogP contribution in [0.2, 0.25) is 0 Å². The summed E-state index contributed by atoms with van der Waals surface area (Å²) in [6.45, 7) is 4.26. The van der Waals surface area contributed by atoms with Crippen LogP contribution in [0.1, 0.15) is 13.3 Å². The maximum absolute atomic E-state index is 12.5. The van der Waals surface area contributed by atoms with Crippen LogP contribution in [-0.4, -0.2) is 70.2 Å². The SMILES string of the molecule is CCOC(=O)[C@H]1CC(=O)N(c2ccccc2N2CCN(S(C)(=O)=O)CC2)C1. The molecule has 8 nitrogen and oxygen atoms in total. The van der Waals surface area contributed by atoms with Gasteiger partial charge in [-0.1, -0.05) is 12.1 Å². The van der Waals surface area contributed by atoms with Gasteiger partial charge in [0, 0.05) is 39.1 Å². The second kappa shape index (κ2) is 7.85. The Kier molecular flexibility index (Phi) is 5.71. The van der Waals surface area contributed by atoms with Crippen LogP contribution >= 0.6 is 0 Å². The molecule has 0 spiro atoms. The van der Waals surface area contributed by atoms with Crippen molar-refractivity contribution in [3.63, 3.8) is 0 Å². The van der Waals surface area contributed by atoms with Gasteiger partial charge in [-0.25, -0.2) is 8.42 Å². The molecule has 1 atom stereocenters. The second-order valence-electron chi connectivity index (χ2n) is 6.80. The van der Waals surface area contributed by atoms with Crippen molar-refractivity contribution in [3.8, 4) is 0 Å². The first-order valence-corrected chi connectivity index (χ1v) is 10.9. The first kappa shape index (κ1) is 19.6. The molecule has 9 heteroatoms.